The van der Waals surface area contributed by atoms with Gasteiger partial charge in [-0.25, -0.2) is 0 Å². The highest BCUT2D eigenvalue weighted by atomic mass is 35.5. The molecule has 1 aromatic rings. The Morgan fingerprint density at radius 1 is 1.45 bits per heavy atom. The van der Waals surface area contributed by atoms with Gasteiger partial charge in [0.15, 0.2) is 0 Å². The molecule has 7 nitrogen and oxygen atoms in total. The summed E-state index contributed by atoms with van der Waals surface area (Å²) in [6.45, 7) is 0.206. The molecule has 8 heteroatoms. The molecule has 20 heavy (non-hydrogen) atoms. The second kappa shape index (κ2) is 7.44. The lowest BCUT2D eigenvalue weighted by Crippen LogP contribution is -2.25. The van der Waals surface area contributed by atoms with Crippen molar-refractivity contribution < 1.29 is 19.2 Å². The van der Waals surface area contributed by atoms with Crippen molar-refractivity contribution in [3.8, 4) is 0 Å². The molecule has 0 atom stereocenters. The second-order valence-corrected chi connectivity index (χ2v) is 4.29. The molecular weight excluding hydrogens is 288 g/mol. The molecule has 1 amide bonds. The molecule has 0 saturated carbocycles. The first-order valence-corrected chi connectivity index (χ1v) is 6.12. The molecule has 0 bridgehead atoms. The summed E-state index contributed by atoms with van der Waals surface area (Å²) < 4.78 is 4.45. The summed E-state index contributed by atoms with van der Waals surface area (Å²) in [6.07, 6.45) is 0.543. The van der Waals surface area contributed by atoms with Crippen LogP contribution in [-0.2, 0) is 9.53 Å². The third-order valence-electron chi connectivity index (χ3n) is 2.47. The summed E-state index contributed by atoms with van der Waals surface area (Å²) in [5.74, 6) is -0.989. The second-order valence-electron chi connectivity index (χ2n) is 3.85. The zero-order valence-electron chi connectivity index (χ0n) is 10.7. The van der Waals surface area contributed by atoms with Gasteiger partial charge in [-0.15, -0.1) is 0 Å². The summed E-state index contributed by atoms with van der Waals surface area (Å²) in [6, 6.07) is 3.74. The first-order valence-electron chi connectivity index (χ1n) is 5.74. The van der Waals surface area contributed by atoms with Crippen molar-refractivity contribution in [3.05, 3.63) is 38.9 Å². The van der Waals surface area contributed by atoms with Crippen LogP contribution in [0.4, 0.5) is 5.69 Å². The van der Waals surface area contributed by atoms with Gasteiger partial charge in [-0.1, -0.05) is 11.6 Å². The highest BCUT2D eigenvalue weighted by Gasteiger charge is 2.20. The fraction of sp³-hybridized carbons (Fsp3) is 0.333. The molecule has 0 fully saturated rings. The van der Waals surface area contributed by atoms with E-state index in [0.717, 1.165) is 0 Å². The Morgan fingerprint density at radius 3 is 2.75 bits per heavy atom. The maximum Gasteiger partial charge on any atom is 0.305 e. The Kier molecular flexibility index (Phi) is 5.92. The average Bonchev–Trinajstić information content (AvgIpc) is 2.42. The van der Waals surface area contributed by atoms with Gasteiger partial charge in [0.05, 0.1) is 12.0 Å². The topological polar surface area (TPSA) is 98.5 Å². The number of hydrogen-bond acceptors (Lipinski definition) is 5. The van der Waals surface area contributed by atoms with Crippen LogP contribution in [0.15, 0.2) is 18.2 Å². The molecule has 0 saturated heterocycles. The van der Waals surface area contributed by atoms with E-state index in [4.69, 9.17) is 11.6 Å². The number of amides is 1. The lowest BCUT2D eigenvalue weighted by Gasteiger charge is -2.06. The normalized spacial score (nSPS) is 9.90. The summed E-state index contributed by atoms with van der Waals surface area (Å²) in [5.41, 5.74) is -0.430. The van der Waals surface area contributed by atoms with E-state index in [1.54, 1.807) is 0 Å². The van der Waals surface area contributed by atoms with Crippen LogP contribution in [0.2, 0.25) is 5.02 Å². The maximum atomic E-state index is 11.8. The third-order valence-corrected chi connectivity index (χ3v) is 2.71. The molecule has 0 heterocycles. The number of carbonyl (C=O) groups excluding carboxylic acids is 2. The average molecular weight is 301 g/mol. The number of esters is 1. The summed E-state index contributed by atoms with van der Waals surface area (Å²) in [4.78, 5) is 32.9. The quantitative estimate of drug-likeness (QED) is 0.374. The molecule has 0 spiro atoms. The molecule has 0 unspecified atom stereocenters. The summed E-state index contributed by atoms with van der Waals surface area (Å²) in [5, 5.41) is 13.5. The molecule has 1 rings (SSSR count). The number of nitro groups is 1. The van der Waals surface area contributed by atoms with Gasteiger partial charge in [0, 0.05) is 24.1 Å². The predicted octanol–water partition coefficient (Wildman–Crippen LogP) is 1.93. The summed E-state index contributed by atoms with van der Waals surface area (Å²) in [7, 11) is 1.27. The summed E-state index contributed by atoms with van der Waals surface area (Å²) >= 11 is 5.72. The van der Waals surface area contributed by atoms with E-state index < -0.39 is 10.8 Å². The maximum absolute atomic E-state index is 11.8. The van der Waals surface area contributed by atoms with E-state index in [2.05, 4.69) is 10.1 Å². The molecule has 0 aliphatic heterocycles. The SMILES string of the molecule is COC(=O)CCCNC(=O)c1cc(Cl)ccc1[N+](=O)[O-]. The van der Waals surface area contributed by atoms with Crippen molar-refractivity contribution in [2.45, 2.75) is 12.8 Å². The van der Waals surface area contributed by atoms with Crippen LogP contribution in [0.5, 0.6) is 0 Å². The lowest BCUT2D eigenvalue weighted by molar-refractivity contribution is -0.385. The van der Waals surface area contributed by atoms with Crippen molar-refractivity contribution in [2.75, 3.05) is 13.7 Å². The number of carbonyl (C=O) groups is 2. The monoisotopic (exact) mass is 300 g/mol. The van der Waals surface area contributed by atoms with Crippen molar-refractivity contribution >= 4 is 29.2 Å². The number of ether oxygens (including phenoxy) is 1. The van der Waals surface area contributed by atoms with Gasteiger partial charge < -0.3 is 10.1 Å². The molecule has 108 valence electrons. The number of benzene rings is 1. The van der Waals surface area contributed by atoms with Crippen LogP contribution in [0.3, 0.4) is 0 Å². The van der Waals surface area contributed by atoms with Crippen LogP contribution < -0.4 is 5.32 Å². The van der Waals surface area contributed by atoms with Crippen LogP contribution >= 0.6 is 11.6 Å². The number of rotatable bonds is 6. The number of hydrogen-bond donors (Lipinski definition) is 1. The largest absolute Gasteiger partial charge is 0.469 e. The van der Waals surface area contributed by atoms with Gasteiger partial charge >= 0.3 is 5.97 Å². The van der Waals surface area contributed by atoms with E-state index in [-0.39, 0.29) is 35.2 Å². The standard InChI is InChI=1S/C12H13ClN2O5/c1-20-11(16)3-2-6-14-12(17)9-7-8(13)4-5-10(9)15(18)19/h4-5,7H,2-3,6H2,1H3,(H,14,17). The van der Waals surface area contributed by atoms with E-state index in [0.29, 0.717) is 6.42 Å². The molecule has 0 aliphatic rings. The predicted molar refractivity (Wildman–Crippen MR) is 71.7 cm³/mol. The van der Waals surface area contributed by atoms with Crippen molar-refractivity contribution in [2.24, 2.45) is 0 Å². The first kappa shape index (κ1) is 15.9. The van der Waals surface area contributed by atoms with Gasteiger partial charge in [0.1, 0.15) is 5.56 Å². The van der Waals surface area contributed by atoms with Crippen LogP contribution in [-0.4, -0.2) is 30.5 Å². The number of nitro benzene ring substituents is 1. The number of methoxy groups -OCH3 is 1. The minimum Gasteiger partial charge on any atom is -0.469 e. The Labute approximate surface area is 120 Å². The fourth-order valence-electron chi connectivity index (χ4n) is 1.48. The molecular formula is C12H13ClN2O5. The van der Waals surface area contributed by atoms with Crippen molar-refractivity contribution in [3.63, 3.8) is 0 Å². The van der Waals surface area contributed by atoms with Gasteiger partial charge in [-0.2, -0.15) is 0 Å². The zero-order valence-corrected chi connectivity index (χ0v) is 11.5. The van der Waals surface area contributed by atoms with Crippen molar-refractivity contribution in [1.29, 1.82) is 0 Å². The molecule has 1 aromatic carbocycles. The molecule has 0 aromatic heterocycles. The number of halogens is 1. The van der Waals surface area contributed by atoms with Gasteiger partial charge in [0.2, 0.25) is 0 Å². The Bertz CT molecular complexity index is 533. The third kappa shape index (κ3) is 4.51. The van der Waals surface area contributed by atoms with Gasteiger partial charge in [-0.3, -0.25) is 19.7 Å². The van der Waals surface area contributed by atoms with E-state index in [9.17, 15) is 19.7 Å². The highest BCUT2D eigenvalue weighted by molar-refractivity contribution is 6.31. The Hall–Kier alpha value is -2.15. The van der Waals surface area contributed by atoms with E-state index >= 15 is 0 Å². The van der Waals surface area contributed by atoms with Crippen LogP contribution in [0.1, 0.15) is 23.2 Å². The van der Waals surface area contributed by atoms with Crippen LogP contribution in [0.25, 0.3) is 0 Å². The number of nitrogens with zero attached hydrogens (tertiary/aromatic N) is 1. The van der Waals surface area contributed by atoms with Crippen molar-refractivity contribution in [1.82, 2.24) is 5.32 Å². The van der Waals surface area contributed by atoms with Gasteiger partial charge in [0.25, 0.3) is 11.6 Å². The van der Waals surface area contributed by atoms with Gasteiger partial charge in [-0.05, 0) is 18.6 Å². The Balaban J connectivity index is 2.65. The number of nitrogens with one attached hydrogen (secondary N) is 1. The van der Waals surface area contributed by atoms with E-state index in [1.165, 1.54) is 25.3 Å². The molecule has 1 N–H and O–H groups in total. The minimum atomic E-state index is -0.653. The minimum absolute atomic E-state index is 0.111. The molecule has 0 aliphatic carbocycles. The fourth-order valence-corrected chi connectivity index (χ4v) is 1.65. The zero-order chi connectivity index (χ0) is 15.1. The molecule has 0 radical (unpaired) electrons. The lowest BCUT2D eigenvalue weighted by atomic mass is 10.1. The first-order chi connectivity index (χ1) is 9.45. The van der Waals surface area contributed by atoms with Crippen LogP contribution in [0, 0.1) is 10.1 Å². The highest BCUT2D eigenvalue weighted by Crippen LogP contribution is 2.22. The Morgan fingerprint density at radius 2 is 2.15 bits per heavy atom. The smallest absolute Gasteiger partial charge is 0.305 e. The van der Waals surface area contributed by atoms with E-state index in [1.807, 2.05) is 0 Å².